The fourth-order valence-corrected chi connectivity index (χ4v) is 3.89. The Morgan fingerprint density at radius 2 is 2.14 bits per heavy atom. The monoisotopic (exact) mass is 312 g/mol. The average molecular weight is 312 g/mol. The van der Waals surface area contributed by atoms with Crippen molar-refractivity contribution >= 4 is 10.0 Å². The van der Waals surface area contributed by atoms with Gasteiger partial charge in [-0.25, -0.2) is 13.1 Å². The number of hydrogen-bond acceptors (Lipinski definition) is 4. The lowest BCUT2D eigenvalue weighted by Crippen LogP contribution is -2.40. The van der Waals surface area contributed by atoms with Crippen molar-refractivity contribution in [3.63, 3.8) is 0 Å². The normalized spacial score (nSPS) is 21.2. The average Bonchev–Trinajstić information content (AvgIpc) is 3.01. The van der Waals surface area contributed by atoms with E-state index in [1.165, 1.54) is 25.5 Å². The minimum atomic E-state index is -3.44. The van der Waals surface area contributed by atoms with Crippen LogP contribution in [-0.2, 0) is 16.6 Å². The first-order valence-electron chi connectivity index (χ1n) is 7.83. The molecule has 1 unspecified atom stereocenters. The maximum absolute atomic E-state index is 12.3. The molecule has 2 fully saturated rings. The number of hydrogen-bond donors (Lipinski definition) is 2. The highest BCUT2D eigenvalue weighted by molar-refractivity contribution is 7.89. The molecule has 7 heteroatoms. The highest BCUT2D eigenvalue weighted by atomic mass is 32.2. The van der Waals surface area contributed by atoms with Gasteiger partial charge in [0.2, 0.25) is 10.0 Å². The first-order chi connectivity index (χ1) is 10.0. The maximum atomic E-state index is 12.3. The lowest BCUT2D eigenvalue weighted by atomic mass is 9.81. The summed E-state index contributed by atoms with van der Waals surface area (Å²) in [6.07, 6.45) is 9.01. The Morgan fingerprint density at radius 3 is 2.76 bits per heavy atom. The van der Waals surface area contributed by atoms with E-state index in [1.54, 1.807) is 10.9 Å². The van der Waals surface area contributed by atoms with Crippen molar-refractivity contribution in [2.75, 3.05) is 6.54 Å². The molecule has 0 bridgehead atoms. The van der Waals surface area contributed by atoms with Gasteiger partial charge in [-0.1, -0.05) is 6.42 Å². The van der Waals surface area contributed by atoms with Crippen LogP contribution in [0.5, 0.6) is 0 Å². The number of rotatable bonds is 8. The van der Waals surface area contributed by atoms with Gasteiger partial charge in [-0.2, -0.15) is 5.10 Å². The summed E-state index contributed by atoms with van der Waals surface area (Å²) >= 11 is 0. The van der Waals surface area contributed by atoms with Crippen molar-refractivity contribution in [1.29, 1.82) is 0 Å². The van der Waals surface area contributed by atoms with Gasteiger partial charge in [0.15, 0.2) is 0 Å². The first kappa shape index (κ1) is 15.0. The summed E-state index contributed by atoms with van der Waals surface area (Å²) in [5.41, 5.74) is 0. The standard InChI is InChI=1S/C14H24N4O2S/c1-11(12-3-2-4-12)17-21(19,20)14-9-16-18(10-14)8-7-15-13-5-6-13/h9-13,15,17H,2-8H2,1H3. The van der Waals surface area contributed by atoms with E-state index in [0.29, 0.717) is 18.5 Å². The van der Waals surface area contributed by atoms with E-state index >= 15 is 0 Å². The molecule has 1 heterocycles. The Hall–Kier alpha value is -0.920. The molecular formula is C14H24N4O2S. The van der Waals surface area contributed by atoms with E-state index in [-0.39, 0.29) is 10.9 Å². The van der Waals surface area contributed by atoms with Crippen molar-refractivity contribution in [2.24, 2.45) is 5.92 Å². The Kier molecular flexibility index (Phi) is 4.33. The maximum Gasteiger partial charge on any atom is 0.243 e. The Labute approximate surface area is 126 Å². The van der Waals surface area contributed by atoms with Crippen molar-refractivity contribution in [3.8, 4) is 0 Å². The molecule has 3 rings (SSSR count). The highest BCUT2D eigenvalue weighted by Crippen LogP contribution is 2.30. The van der Waals surface area contributed by atoms with Gasteiger partial charge in [0.1, 0.15) is 4.90 Å². The van der Waals surface area contributed by atoms with Gasteiger partial charge in [-0.15, -0.1) is 0 Å². The molecule has 118 valence electrons. The smallest absolute Gasteiger partial charge is 0.243 e. The summed E-state index contributed by atoms with van der Waals surface area (Å²) in [6, 6.07) is 0.664. The van der Waals surface area contributed by atoms with Crippen LogP contribution < -0.4 is 10.0 Å². The molecule has 2 aliphatic carbocycles. The molecule has 2 aliphatic rings. The SMILES string of the molecule is CC(NS(=O)(=O)c1cnn(CCNC2CC2)c1)C1CCC1. The Balaban J connectivity index is 1.55. The van der Waals surface area contributed by atoms with Gasteiger partial charge in [-0.05, 0) is 38.5 Å². The Morgan fingerprint density at radius 1 is 1.38 bits per heavy atom. The van der Waals surface area contributed by atoms with E-state index in [2.05, 4.69) is 15.1 Å². The molecule has 0 spiro atoms. The highest BCUT2D eigenvalue weighted by Gasteiger charge is 2.28. The van der Waals surface area contributed by atoms with E-state index in [9.17, 15) is 8.42 Å². The van der Waals surface area contributed by atoms with Crippen LogP contribution in [0.15, 0.2) is 17.3 Å². The molecule has 1 atom stereocenters. The number of aromatic nitrogens is 2. The summed E-state index contributed by atoms with van der Waals surface area (Å²) < 4.78 is 29.1. The first-order valence-corrected chi connectivity index (χ1v) is 9.31. The largest absolute Gasteiger partial charge is 0.312 e. The van der Waals surface area contributed by atoms with Crippen molar-refractivity contribution in [1.82, 2.24) is 19.8 Å². The molecule has 1 aromatic heterocycles. The zero-order valence-electron chi connectivity index (χ0n) is 12.5. The third-order valence-corrected chi connectivity index (χ3v) is 5.98. The van der Waals surface area contributed by atoms with Crippen LogP contribution in [0.2, 0.25) is 0 Å². The van der Waals surface area contributed by atoms with Crippen molar-refractivity contribution < 1.29 is 8.42 Å². The van der Waals surface area contributed by atoms with E-state index < -0.39 is 10.0 Å². The molecule has 0 aliphatic heterocycles. The quantitative estimate of drug-likeness (QED) is 0.754. The molecule has 1 aromatic rings. The number of nitrogens with one attached hydrogen (secondary N) is 2. The van der Waals surface area contributed by atoms with Crippen LogP contribution in [0.25, 0.3) is 0 Å². The summed E-state index contributed by atoms with van der Waals surface area (Å²) in [4.78, 5) is 0.264. The lowest BCUT2D eigenvalue weighted by Gasteiger charge is -2.31. The van der Waals surface area contributed by atoms with Crippen LogP contribution in [0, 0.1) is 5.92 Å². The minimum absolute atomic E-state index is 0.00336. The van der Waals surface area contributed by atoms with Gasteiger partial charge in [0.25, 0.3) is 0 Å². The molecule has 0 radical (unpaired) electrons. The third-order valence-electron chi connectivity index (χ3n) is 4.47. The van der Waals surface area contributed by atoms with E-state index in [0.717, 1.165) is 19.4 Å². The topological polar surface area (TPSA) is 76.0 Å². The van der Waals surface area contributed by atoms with Gasteiger partial charge < -0.3 is 5.32 Å². The molecule has 21 heavy (non-hydrogen) atoms. The summed E-state index contributed by atoms with van der Waals surface area (Å²) in [6.45, 7) is 3.48. The predicted octanol–water partition coefficient (Wildman–Crippen LogP) is 1.10. The van der Waals surface area contributed by atoms with E-state index in [1.807, 2.05) is 6.92 Å². The third kappa shape index (κ3) is 3.84. The van der Waals surface area contributed by atoms with Crippen LogP contribution in [0.1, 0.15) is 39.0 Å². The molecule has 0 amide bonds. The van der Waals surface area contributed by atoms with Gasteiger partial charge in [0.05, 0.1) is 12.7 Å². The predicted molar refractivity (Wildman–Crippen MR) is 80.4 cm³/mol. The van der Waals surface area contributed by atoms with Crippen LogP contribution in [-0.4, -0.2) is 36.8 Å². The molecule has 2 N–H and O–H groups in total. The zero-order valence-corrected chi connectivity index (χ0v) is 13.3. The Bertz CT molecular complexity index is 576. The zero-order chi connectivity index (χ0) is 14.9. The second-order valence-corrected chi connectivity index (χ2v) is 7.98. The molecule has 6 nitrogen and oxygen atoms in total. The number of sulfonamides is 1. The van der Waals surface area contributed by atoms with E-state index in [4.69, 9.17) is 0 Å². The van der Waals surface area contributed by atoms with Crippen LogP contribution >= 0.6 is 0 Å². The summed E-state index contributed by atoms with van der Waals surface area (Å²) in [7, 11) is -3.44. The van der Waals surface area contributed by atoms with Crippen LogP contribution in [0.3, 0.4) is 0 Å². The number of nitrogens with zero attached hydrogens (tertiary/aromatic N) is 2. The van der Waals surface area contributed by atoms with Crippen molar-refractivity contribution in [3.05, 3.63) is 12.4 Å². The second kappa shape index (κ2) is 6.06. The summed E-state index contributed by atoms with van der Waals surface area (Å²) in [5.74, 6) is 0.484. The van der Waals surface area contributed by atoms with Crippen molar-refractivity contribution in [2.45, 2.75) is 62.6 Å². The molecule has 0 saturated heterocycles. The second-order valence-electron chi connectivity index (χ2n) is 6.27. The fraction of sp³-hybridized carbons (Fsp3) is 0.786. The fourth-order valence-electron chi connectivity index (χ4n) is 2.63. The van der Waals surface area contributed by atoms with Gasteiger partial charge >= 0.3 is 0 Å². The van der Waals surface area contributed by atoms with Gasteiger partial charge in [0, 0.05) is 24.8 Å². The molecular weight excluding hydrogens is 288 g/mol. The molecule has 0 aromatic carbocycles. The lowest BCUT2D eigenvalue weighted by molar-refractivity contribution is 0.260. The minimum Gasteiger partial charge on any atom is -0.312 e. The molecule has 2 saturated carbocycles. The summed E-state index contributed by atoms with van der Waals surface area (Å²) in [5, 5.41) is 7.53. The van der Waals surface area contributed by atoms with Crippen LogP contribution in [0.4, 0.5) is 0 Å². The van der Waals surface area contributed by atoms with Gasteiger partial charge in [-0.3, -0.25) is 4.68 Å².